The molecule has 0 fully saturated rings. The van der Waals surface area contributed by atoms with E-state index >= 15 is 0 Å². The fourth-order valence-electron chi connectivity index (χ4n) is 2.07. The Labute approximate surface area is 200 Å². The molecule has 0 radical (unpaired) electrons. The minimum absolute atomic E-state index is 0. The predicted molar refractivity (Wildman–Crippen MR) is 107 cm³/mol. The second kappa shape index (κ2) is 14.0. The van der Waals surface area contributed by atoms with E-state index in [1.165, 1.54) is 36.4 Å². The quantitative estimate of drug-likeness (QED) is 0.535. The molecule has 0 heterocycles. The summed E-state index contributed by atoms with van der Waals surface area (Å²) in [6, 6.07) is 19.6. The molecular formula is C24H21O6Zr-. The molecule has 0 atom stereocenters. The summed E-state index contributed by atoms with van der Waals surface area (Å²) < 4.78 is 0. The maximum absolute atomic E-state index is 10.2. The Kier molecular flexibility index (Phi) is 12.7. The second-order valence-corrected chi connectivity index (χ2v) is 6.46. The van der Waals surface area contributed by atoms with Crippen LogP contribution in [0.2, 0.25) is 0 Å². The van der Waals surface area contributed by atoms with Crippen LogP contribution >= 0.6 is 0 Å². The van der Waals surface area contributed by atoms with Crippen LogP contribution in [0.5, 0.6) is 0 Å². The molecule has 158 valence electrons. The Morgan fingerprint density at radius 2 is 0.613 bits per heavy atom. The van der Waals surface area contributed by atoms with E-state index < -0.39 is 17.9 Å². The van der Waals surface area contributed by atoms with Gasteiger partial charge in [0.2, 0.25) is 0 Å². The molecular weight excluding hydrogens is 475 g/mol. The maximum Gasteiger partial charge on any atom is 2.00 e. The van der Waals surface area contributed by atoms with Crippen molar-refractivity contribution < 1.29 is 55.9 Å². The number of rotatable bonds is 3. The zero-order valence-electron chi connectivity index (χ0n) is 17.4. The molecule has 6 nitrogen and oxygen atoms in total. The molecule has 0 spiro atoms. The van der Waals surface area contributed by atoms with Crippen LogP contribution in [0.15, 0.2) is 72.8 Å². The average Bonchev–Trinajstić information content (AvgIpc) is 2.70. The minimum atomic E-state index is -1.12. The van der Waals surface area contributed by atoms with E-state index in [9.17, 15) is 29.7 Å². The summed E-state index contributed by atoms with van der Waals surface area (Å²) in [5.41, 5.74) is 3.82. The third-order valence-electron chi connectivity index (χ3n) is 3.86. The van der Waals surface area contributed by atoms with E-state index in [4.69, 9.17) is 0 Å². The van der Waals surface area contributed by atoms with E-state index in [-0.39, 0.29) is 42.9 Å². The van der Waals surface area contributed by atoms with Crippen molar-refractivity contribution in [1.82, 2.24) is 0 Å². The van der Waals surface area contributed by atoms with Gasteiger partial charge in [0.25, 0.3) is 0 Å². The van der Waals surface area contributed by atoms with E-state index in [0.29, 0.717) is 0 Å². The molecule has 0 aliphatic heterocycles. The number of benzene rings is 3. The molecule has 0 bridgehead atoms. The van der Waals surface area contributed by atoms with Crippen LogP contribution in [-0.4, -0.2) is 17.9 Å². The largest absolute Gasteiger partial charge is 2.00 e. The van der Waals surface area contributed by atoms with Crippen molar-refractivity contribution in [3.8, 4) is 0 Å². The Morgan fingerprint density at radius 1 is 0.452 bits per heavy atom. The zero-order valence-corrected chi connectivity index (χ0v) is 19.8. The van der Waals surface area contributed by atoms with E-state index in [0.717, 1.165) is 16.7 Å². The van der Waals surface area contributed by atoms with Gasteiger partial charge in [-0.2, -0.15) is 0 Å². The number of hydrogen-bond acceptors (Lipinski definition) is 6. The minimum Gasteiger partial charge on any atom is -0.545 e. The first kappa shape index (κ1) is 28.0. The number of carboxylic acid groups (broad SMARTS) is 3. The summed E-state index contributed by atoms with van der Waals surface area (Å²) in [5, 5.41) is 30.6. The van der Waals surface area contributed by atoms with Gasteiger partial charge in [0.05, 0.1) is 17.9 Å². The van der Waals surface area contributed by atoms with Crippen molar-refractivity contribution in [2.24, 2.45) is 0 Å². The van der Waals surface area contributed by atoms with Gasteiger partial charge in [-0.1, -0.05) is 89.5 Å². The van der Waals surface area contributed by atoms with Crippen LogP contribution in [0, 0.1) is 20.8 Å². The Morgan fingerprint density at radius 3 is 0.742 bits per heavy atom. The third-order valence-corrected chi connectivity index (χ3v) is 3.86. The number of hydrogen-bond donors (Lipinski definition) is 0. The molecule has 7 heteroatoms. The molecule has 3 rings (SSSR count). The molecule has 0 unspecified atom stereocenters. The second-order valence-electron chi connectivity index (χ2n) is 6.46. The summed E-state index contributed by atoms with van der Waals surface area (Å²) in [6.45, 7) is 5.71. The van der Waals surface area contributed by atoms with E-state index in [2.05, 4.69) is 0 Å². The average molecular weight is 497 g/mol. The van der Waals surface area contributed by atoms with Crippen LogP contribution in [0.1, 0.15) is 47.8 Å². The van der Waals surface area contributed by atoms with Crippen molar-refractivity contribution in [3.63, 3.8) is 0 Å². The first-order chi connectivity index (χ1) is 14.1. The number of carboxylic acids is 3. The maximum atomic E-state index is 10.2. The van der Waals surface area contributed by atoms with Crippen LogP contribution in [0.4, 0.5) is 0 Å². The van der Waals surface area contributed by atoms with Gasteiger partial charge in [-0.25, -0.2) is 0 Å². The van der Waals surface area contributed by atoms with Crippen molar-refractivity contribution in [2.45, 2.75) is 20.8 Å². The van der Waals surface area contributed by atoms with Gasteiger partial charge >= 0.3 is 26.2 Å². The predicted octanol–water partition coefficient (Wildman–Crippen LogP) is 1.07. The molecule has 0 aliphatic carbocycles. The molecule has 3 aromatic carbocycles. The summed E-state index contributed by atoms with van der Waals surface area (Å²) >= 11 is 0. The topological polar surface area (TPSA) is 120 Å². The third kappa shape index (κ3) is 11.1. The first-order valence-electron chi connectivity index (χ1n) is 8.94. The van der Waals surface area contributed by atoms with Crippen LogP contribution < -0.4 is 15.3 Å². The van der Waals surface area contributed by atoms with Gasteiger partial charge in [-0.15, -0.1) is 0 Å². The van der Waals surface area contributed by atoms with Gasteiger partial charge in [0.1, 0.15) is 0 Å². The van der Waals surface area contributed by atoms with Gasteiger partial charge in [-0.05, 0) is 37.5 Å². The first-order valence-corrected chi connectivity index (χ1v) is 8.94. The SMILES string of the molecule is Cc1ccc(C(=O)[O-])cc1.Cc1ccc(C(=O)[O-])cc1.Cc1ccc(C(=O)[O-])cc1.[Zr+2]. The fourth-order valence-corrected chi connectivity index (χ4v) is 2.07. The Balaban J connectivity index is 0.000000429. The van der Waals surface area contributed by atoms with Gasteiger partial charge in [0, 0.05) is 0 Å². The van der Waals surface area contributed by atoms with E-state index in [1.807, 2.05) is 20.8 Å². The van der Waals surface area contributed by atoms with Crippen molar-refractivity contribution in [3.05, 3.63) is 106 Å². The van der Waals surface area contributed by atoms with Gasteiger partial charge in [0.15, 0.2) is 0 Å². The Hall–Kier alpha value is -3.05. The van der Waals surface area contributed by atoms with Crippen LogP contribution in [0.3, 0.4) is 0 Å². The van der Waals surface area contributed by atoms with Crippen LogP contribution in [0.25, 0.3) is 0 Å². The van der Waals surface area contributed by atoms with Gasteiger partial charge in [-0.3, -0.25) is 0 Å². The molecule has 0 aliphatic rings. The van der Waals surface area contributed by atoms with Crippen LogP contribution in [-0.2, 0) is 26.2 Å². The summed E-state index contributed by atoms with van der Waals surface area (Å²) in [6.07, 6.45) is 0. The number of aromatic carboxylic acids is 3. The van der Waals surface area contributed by atoms with Gasteiger partial charge < -0.3 is 29.7 Å². The van der Waals surface area contributed by atoms with E-state index in [1.54, 1.807) is 36.4 Å². The monoisotopic (exact) mass is 495 g/mol. The molecule has 0 saturated carbocycles. The molecule has 0 N–H and O–H groups in total. The molecule has 0 amide bonds. The smallest absolute Gasteiger partial charge is 0.545 e. The Bertz CT molecular complexity index is 846. The molecule has 3 aromatic rings. The fraction of sp³-hybridized carbons (Fsp3) is 0.125. The number of carbonyl (C=O) groups is 3. The zero-order chi connectivity index (χ0) is 22.7. The number of aryl methyl sites for hydroxylation is 3. The summed E-state index contributed by atoms with van der Waals surface area (Å²) in [5.74, 6) is -3.37. The van der Waals surface area contributed by atoms with Crippen molar-refractivity contribution >= 4 is 17.9 Å². The molecule has 0 aromatic heterocycles. The normalized spacial score (nSPS) is 9.00. The summed E-state index contributed by atoms with van der Waals surface area (Å²) in [4.78, 5) is 30.6. The summed E-state index contributed by atoms with van der Waals surface area (Å²) in [7, 11) is 0. The molecule has 0 saturated heterocycles. The number of carbonyl (C=O) groups excluding carboxylic acids is 3. The standard InChI is InChI=1S/3C8H8O2.Zr/c3*1-6-2-4-7(5-3-6)8(9)10;/h3*2-5H,1H3,(H,9,10);/q;;;+2/p-3. The molecule has 31 heavy (non-hydrogen) atoms. The van der Waals surface area contributed by atoms with Crippen molar-refractivity contribution in [1.29, 1.82) is 0 Å². The van der Waals surface area contributed by atoms with Crippen molar-refractivity contribution in [2.75, 3.05) is 0 Å².